The number of aromatic nitrogens is 3. The van der Waals surface area contributed by atoms with E-state index in [4.69, 9.17) is 10.5 Å². The fourth-order valence-electron chi connectivity index (χ4n) is 2.23. The van der Waals surface area contributed by atoms with Gasteiger partial charge in [-0.2, -0.15) is 10.1 Å². The number of nitrogens with one attached hydrogen (secondary N) is 1. The molecule has 9 heteroatoms. The molecule has 0 bridgehead atoms. The fourth-order valence-corrected chi connectivity index (χ4v) is 3.49. The Balaban J connectivity index is 2.07. The summed E-state index contributed by atoms with van der Waals surface area (Å²) in [5.74, 6) is 0.493. The van der Waals surface area contributed by atoms with Crippen LogP contribution in [0.25, 0.3) is 0 Å². The van der Waals surface area contributed by atoms with Crippen molar-refractivity contribution in [1.29, 1.82) is 0 Å². The number of hydrogen-bond acceptors (Lipinski definition) is 6. The molecule has 3 rings (SSSR count). The van der Waals surface area contributed by atoms with E-state index in [2.05, 4.69) is 14.8 Å². The molecule has 1 aliphatic heterocycles. The van der Waals surface area contributed by atoms with Crippen LogP contribution in [0.5, 0.6) is 5.75 Å². The largest absolute Gasteiger partial charge is 0.492 e. The van der Waals surface area contributed by atoms with Crippen LogP contribution in [-0.2, 0) is 23.5 Å². The van der Waals surface area contributed by atoms with E-state index in [9.17, 15) is 8.42 Å². The average Bonchev–Trinajstić information content (AvgIpc) is 2.82. The molecule has 0 spiro atoms. The minimum atomic E-state index is -3.85. The van der Waals surface area contributed by atoms with E-state index in [1.165, 1.54) is 17.1 Å². The average molecular weight is 309 g/mol. The summed E-state index contributed by atoms with van der Waals surface area (Å²) in [4.78, 5) is 3.88. The Morgan fingerprint density at radius 3 is 2.95 bits per heavy atom. The third-order valence-corrected chi connectivity index (χ3v) is 4.55. The third kappa shape index (κ3) is 2.51. The van der Waals surface area contributed by atoms with Gasteiger partial charge in [-0.15, -0.1) is 0 Å². The first-order valence-corrected chi connectivity index (χ1v) is 7.88. The van der Waals surface area contributed by atoms with Crippen LogP contribution in [0.1, 0.15) is 12.0 Å². The molecule has 1 aliphatic rings. The zero-order valence-electron chi connectivity index (χ0n) is 11.4. The molecule has 0 unspecified atom stereocenters. The fraction of sp³-hybridized carbons (Fsp3) is 0.333. The minimum Gasteiger partial charge on any atom is -0.492 e. The summed E-state index contributed by atoms with van der Waals surface area (Å²) in [5, 5.41) is 3.82. The topological polar surface area (TPSA) is 112 Å². The highest BCUT2D eigenvalue weighted by Crippen LogP contribution is 2.35. The summed E-state index contributed by atoms with van der Waals surface area (Å²) in [7, 11) is -2.25. The monoisotopic (exact) mass is 309 g/mol. The standard InChI is InChI=1S/C12H15N5O3S/c1-17-12(14-7-15-17)16-21(18,19)10-6-9(13)5-8-3-2-4-20-11(8)10/h5-7H,2-4,13H2,1H3,(H,14,15,16). The van der Waals surface area contributed by atoms with Gasteiger partial charge in [0, 0.05) is 12.7 Å². The van der Waals surface area contributed by atoms with E-state index in [1.807, 2.05) is 0 Å². The Morgan fingerprint density at radius 2 is 2.24 bits per heavy atom. The molecule has 112 valence electrons. The number of hydrogen-bond donors (Lipinski definition) is 2. The van der Waals surface area contributed by atoms with E-state index in [0.717, 1.165) is 18.4 Å². The maximum Gasteiger partial charge on any atom is 0.267 e. The van der Waals surface area contributed by atoms with Gasteiger partial charge in [-0.1, -0.05) is 0 Å². The van der Waals surface area contributed by atoms with Crippen LogP contribution in [0, 0.1) is 0 Å². The van der Waals surface area contributed by atoms with Gasteiger partial charge in [0.05, 0.1) is 6.61 Å². The number of aryl methyl sites for hydroxylation is 2. The Bertz CT molecular complexity index is 784. The lowest BCUT2D eigenvalue weighted by atomic mass is 10.1. The van der Waals surface area contributed by atoms with Crippen LogP contribution in [0.3, 0.4) is 0 Å². The number of nitrogens with zero attached hydrogens (tertiary/aromatic N) is 3. The maximum atomic E-state index is 12.5. The van der Waals surface area contributed by atoms with E-state index in [-0.39, 0.29) is 10.8 Å². The number of fused-ring (bicyclic) bond motifs is 1. The smallest absolute Gasteiger partial charge is 0.267 e. The molecule has 3 N–H and O–H groups in total. The van der Waals surface area contributed by atoms with Crippen molar-refractivity contribution in [2.75, 3.05) is 17.1 Å². The van der Waals surface area contributed by atoms with Crippen molar-refractivity contribution >= 4 is 21.7 Å². The zero-order chi connectivity index (χ0) is 15.0. The first kappa shape index (κ1) is 13.7. The van der Waals surface area contributed by atoms with Gasteiger partial charge in [0.15, 0.2) is 0 Å². The van der Waals surface area contributed by atoms with Crippen LogP contribution in [0.2, 0.25) is 0 Å². The lowest BCUT2D eigenvalue weighted by molar-refractivity contribution is 0.280. The Hall–Kier alpha value is -2.29. The van der Waals surface area contributed by atoms with E-state index in [1.54, 1.807) is 13.1 Å². The van der Waals surface area contributed by atoms with Crippen LogP contribution in [0.4, 0.5) is 11.6 Å². The summed E-state index contributed by atoms with van der Waals surface area (Å²) < 4.78 is 34.3. The molecule has 0 fully saturated rings. The van der Waals surface area contributed by atoms with Gasteiger partial charge in [-0.3, -0.25) is 0 Å². The van der Waals surface area contributed by atoms with Crippen molar-refractivity contribution in [3.05, 3.63) is 24.0 Å². The van der Waals surface area contributed by atoms with Gasteiger partial charge in [0.1, 0.15) is 17.0 Å². The highest BCUT2D eigenvalue weighted by Gasteiger charge is 2.26. The minimum absolute atomic E-state index is 0.0280. The van der Waals surface area contributed by atoms with Gasteiger partial charge in [0.25, 0.3) is 10.0 Å². The highest BCUT2D eigenvalue weighted by atomic mass is 32.2. The Kier molecular flexibility index (Phi) is 3.20. The summed E-state index contributed by atoms with van der Waals surface area (Å²) in [6.45, 7) is 0.489. The lowest BCUT2D eigenvalue weighted by Gasteiger charge is -2.21. The van der Waals surface area contributed by atoms with Crippen LogP contribution in [0.15, 0.2) is 23.4 Å². The molecule has 21 heavy (non-hydrogen) atoms. The molecule has 0 saturated heterocycles. The van der Waals surface area contributed by atoms with Crippen LogP contribution in [-0.4, -0.2) is 29.8 Å². The van der Waals surface area contributed by atoms with Gasteiger partial charge < -0.3 is 10.5 Å². The normalized spacial score (nSPS) is 14.3. The predicted octanol–water partition coefficient (Wildman–Crippen LogP) is 0.523. The van der Waals surface area contributed by atoms with Crippen molar-refractivity contribution < 1.29 is 13.2 Å². The molecule has 0 atom stereocenters. The molecule has 0 aliphatic carbocycles. The molecular formula is C12H15N5O3S. The van der Waals surface area contributed by atoms with Crippen molar-refractivity contribution in [1.82, 2.24) is 14.8 Å². The molecule has 0 radical (unpaired) electrons. The third-order valence-electron chi connectivity index (χ3n) is 3.22. The number of benzene rings is 1. The molecule has 2 heterocycles. The number of rotatable bonds is 3. The predicted molar refractivity (Wildman–Crippen MR) is 76.5 cm³/mol. The maximum absolute atomic E-state index is 12.5. The number of nitrogen functional groups attached to an aromatic ring is 1. The van der Waals surface area contributed by atoms with Crippen LogP contribution >= 0.6 is 0 Å². The van der Waals surface area contributed by atoms with Gasteiger partial charge in [0.2, 0.25) is 5.95 Å². The second-order valence-corrected chi connectivity index (χ2v) is 6.42. The summed E-state index contributed by atoms with van der Waals surface area (Å²) in [5.41, 5.74) is 6.99. The highest BCUT2D eigenvalue weighted by molar-refractivity contribution is 7.92. The SMILES string of the molecule is Cn1ncnc1NS(=O)(=O)c1cc(N)cc2c1OCCC2. The van der Waals surface area contributed by atoms with Crippen molar-refractivity contribution in [2.24, 2.45) is 7.05 Å². The summed E-state index contributed by atoms with van der Waals surface area (Å²) in [6.07, 6.45) is 2.85. The van der Waals surface area contributed by atoms with Gasteiger partial charge >= 0.3 is 0 Å². The lowest BCUT2D eigenvalue weighted by Crippen LogP contribution is -2.20. The summed E-state index contributed by atoms with van der Waals surface area (Å²) >= 11 is 0. The van der Waals surface area contributed by atoms with Gasteiger partial charge in [-0.05, 0) is 30.5 Å². The number of sulfonamides is 1. The van der Waals surface area contributed by atoms with Crippen LogP contribution < -0.4 is 15.2 Å². The van der Waals surface area contributed by atoms with E-state index in [0.29, 0.717) is 18.0 Å². The molecule has 8 nitrogen and oxygen atoms in total. The first-order chi connectivity index (χ1) is 9.97. The quantitative estimate of drug-likeness (QED) is 0.800. The Morgan fingerprint density at radius 1 is 1.43 bits per heavy atom. The van der Waals surface area contributed by atoms with E-state index >= 15 is 0 Å². The zero-order valence-corrected chi connectivity index (χ0v) is 12.2. The first-order valence-electron chi connectivity index (χ1n) is 6.39. The van der Waals surface area contributed by atoms with Crippen molar-refractivity contribution in [2.45, 2.75) is 17.7 Å². The van der Waals surface area contributed by atoms with E-state index < -0.39 is 10.0 Å². The number of ether oxygens (including phenoxy) is 1. The van der Waals surface area contributed by atoms with Crippen molar-refractivity contribution in [3.8, 4) is 5.75 Å². The molecule has 1 aromatic heterocycles. The van der Waals surface area contributed by atoms with Gasteiger partial charge in [-0.25, -0.2) is 17.8 Å². The summed E-state index contributed by atoms with van der Waals surface area (Å²) in [6, 6.07) is 3.14. The van der Waals surface area contributed by atoms with Crippen molar-refractivity contribution in [3.63, 3.8) is 0 Å². The number of anilines is 2. The number of nitrogens with two attached hydrogens (primary N) is 1. The molecular weight excluding hydrogens is 294 g/mol. The molecule has 0 saturated carbocycles. The molecule has 0 amide bonds. The molecule has 1 aromatic carbocycles. The second kappa shape index (κ2) is 4.92. The Labute approximate surface area is 122 Å². The second-order valence-electron chi connectivity index (χ2n) is 4.77. The molecule has 2 aromatic rings.